The topological polar surface area (TPSA) is 24.5 Å². The molecule has 1 N–H and O–H groups in total. The zero-order valence-corrected chi connectivity index (χ0v) is 9.33. The Hall–Kier alpha value is -0.120. The molecule has 2 rings (SSSR count). The monoisotopic (exact) mass is 198 g/mol. The van der Waals surface area contributed by atoms with E-state index in [4.69, 9.17) is 4.74 Å². The maximum atomic E-state index is 5.04. The molecule has 0 aromatic rings. The van der Waals surface area contributed by atoms with Gasteiger partial charge in [-0.15, -0.1) is 0 Å². The minimum Gasteiger partial charge on any atom is -0.383 e. The van der Waals surface area contributed by atoms with Crippen LogP contribution in [0.5, 0.6) is 0 Å². The lowest BCUT2D eigenvalue weighted by molar-refractivity contribution is 0.195. The van der Waals surface area contributed by atoms with Gasteiger partial charge in [-0.25, -0.2) is 0 Å². The van der Waals surface area contributed by atoms with Crippen molar-refractivity contribution in [3.8, 4) is 0 Å². The quantitative estimate of drug-likeness (QED) is 0.663. The molecule has 0 bridgehead atoms. The third kappa shape index (κ3) is 2.47. The van der Waals surface area contributed by atoms with E-state index in [0.717, 1.165) is 25.2 Å². The van der Waals surface area contributed by atoms with Crippen molar-refractivity contribution < 1.29 is 4.74 Å². The third-order valence-electron chi connectivity index (χ3n) is 3.38. The highest BCUT2D eigenvalue weighted by atomic mass is 16.5. The van der Waals surface area contributed by atoms with Crippen LogP contribution in [-0.2, 0) is 4.74 Å². The predicted molar refractivity (Wildman–Crippen MR) is 57.5 cm³/mol. The van der Waals surface area contributed by atoms with E-state index in [1.807, 2.05) is 0 Å². The fourth-order valence-electron chi connectivity index (χ4n) is 2.48. The number of ether oxygens (including phenoxy) is 1. The Morgan fingerprint density at radius 1 is 1.43 bits per heavy atom. The Bertz CT molecular complexity index is 182. The highest BCUT2D eigenvalue weighted by Gasteiger charge is 2.38. The number of methoxy groups -OCH3 is 1. The average molecular weight is 198 g/mol. The van der Waals surface area contributed by atoms with Gasteiger partial charge in [-0.05, 0) is 26.2 Å². The molecule has 1 saturated heterocycles. The number of hydrogen-bond acceptors (Lipinski definition) is 3. The molecule has 0 aromatic carbocycles. The standard InChI is InChI=1S/C11H22N2O/c1-9-7-10(12-5-6-14-2)8-13(9)11-3-4-11/h9-12H,3-8H2,1-2H3. The molecule has 82 valence electrons. The maximum absolute atomic E-state index is 5.04. The fraction of sp³-hybridized carbons (Fsp3) is 1.00. The van der Waals surface area contributed by atoms with Crippen LogP contribution in [0.25, 0.3) is 0 Å². The molecule has 1 aliphatic heterocycles. The molecule has 0 amide bonds. The van der Waals surface area contributed by atoms with Crippen molar-refractivity contribution in [2.45, 2.75) is 44.3 Å². The van der Waals surface area contributed by atoms with Gasteiger partial charge in [-0.2, -0.15) is 0 Å². The molecular formula is C11H22N2O. The van der Waals surface area contributed by atoms with Crippen LogP contribution < -0.4 is 5.32 Å². The third-order valence-corrected chi connectivity index (χ3v) is 3.38. The summed E-state index contributed by atoms with van der Waals surface area (Å²) >= 11 is 0. The van der Waals surface area contributed by atoms with Crippen molar-refractivity contribution in [3.05, 3.63) is 0 Å². The molecule has 0 aromatic heterocycles. The lowest BCUT2D eigenvalue weighted by Gasteiger charge is -2.19. The molecule has 3 heteroatoms. The van der Waals surface area contributed by atoms with Crippen LogP contribution in [0.3, 0.4) is 0 Å². The van der Waals surface area contributed by atoms with E-state index in [1.165, 1.54) is 25.8 Å². The first-order valence-electron chi connectivity index (χ1n) is 5.79. The van der Waals surface area contributed by atoms with Crippen molar-refractivity contribution in [1.29, 1.82) is 0 Å². The van der Waals surface area contributed by atoms with Crippen LogP contribution >= 0.6 is 0 Å². The van der Waals surface area contributed by atoms with E-state index in [-0.39, 0.29) is 0 Å². The zero-order valence-electron chi connectivity index (χ0n) is 9.33. The molecule has 0 radical (unpaired) electrons. The van der Waals surface area contributed by atoms with Crippen molar-refractivity contribution in [1.82, 2.24) is 10.2 Å². The minimum absolute atomic E-state index is 0.695. The van der Waals surface area contributed by atoms with E-state index >= 15 is 0 Å². The van der Waals surface area contributed by atoms with E-state index in [9.17, 15) is 0 Å². The molecule has 3 nitrogen and oxygen atoms in total. The number of hydrogen-bond donors (Lipinski definition) is 1. The molecule has 2 atom stereocenters. The Morgan fingerprint density at radius 3 is 2.86 bits per heavy atom. The summed E-state index contributed by atoms with van der Waals surface area (Å²) in [5.41, 5.74) is 0. The van der Waals surface area contributed by atoms with Crippen LogP contribution in [0.1, 0.15) is 26.2 Å². The van der Waals surface area contributed by atoms with Crippen LogP contribution in [0.4, 0.5) is 0 Å². The molecule has 1 aliphatic carbocycles. The summed E-state index contributed by atoms with van der Waals surface area (Å²) in [6.45, 7) is 5.42. The van der Waals surface area contributed by atoms with Gasteiger partial charge in [0, 0.05) is 38.3 Å². The minimum atomic E-state index is 0.695. The first kappa shape index (κ1) is 10.4. The molecule has 14 heavy (non-hydrogen) atoms. The lowest BCUT2D eigenvalue weighted by Crippen LogP contribution is -2.35. The van der Waals surface area contributed by atoms with Gasteiger partial charge in [0.2, 0.25) is 0 Å². The first-order chi connectivity index (χ1) is 6.81. The van der Waals surface area contributed by atoms with Gasteiger partial charge >= 0.3 is 0 Å². The van der Waals surface area contributed by atoms with Crippen molar-refractivity contribution in [2.24, 2.45) is 0 Å². The second-order valence-corrected chi connectivity index (χ2v) is 4.66. The van der Waals surface area contributed by atoms with Crippen LogP contribution in [0, 0.1) is 0 Å². The van der Waals surface area contributed by atoms with Crippen molar-refractivity contribution >= 4 is 0 Å². The summed E-state index contributed by atoms with van der Waals surface area (Å²) in [5.74, 6) is 0. The van der Waals surface area contributed by atoms with Crippen LogP contribution in [0.15, 0.2) is 0 Å². The fourth-order valence-corrected chi connectivity index (χ4v) is 2.48. The van der Waals surface area contributed by atoms with Gasteiger partial charge in [-0.1, -0.05) is 0 Å². The van der Waals surface area contributed by atoms with Gasteiger partial charge < -0.3 is 10.1 Å². The Balaban J connectivity index is 1.69. The smallest absolute Gasteiger partial charge is 0.0587 e. The number of rotatable bonds is 5. The average Bonchev–Trinajstić information content (AvgIpc) is 2.92. The van der Waals surface area contributed by atoms with Crippen LogP contribution in [0.2, 0.25) is 0 Å². The van der Waals surface area contributed by atoms with Crippen molar-refractivity contribution in [3.63, 3.8) is 0 Å². The van der Waals surface area contributed by atoms with Crippen molar-refractivity contribution in [2.75, 3.05) is 26.8 Å². The summed E-state index contributed by atoms with van der Waals surface area (Å²) < 4.78 is 5.04. The van der Waals surface area contributed by atoms with Gasteiger partial charge in [0.1, 0.15) is 0 Å². The van der Waals surface area contributed by atoms with E-state index < -0.39 is 0 Å². The number of nitrogens with zero attached hydrogens (tertiary/aromatic N) is 1. The summed E-state index contributed by atoms with van der Waals surface area (Å²) in [6.07, 6.45) is 4.16. The van der Waals surface area contributed by atoms with Gasteiger partial charge in [-0.3, -0.25) is 4.90 Å². The summed E-state index contributed by atoms with van der Waals surface area (Å²) in [4.78, 5) is 2.67. The SMILES string of the molecule is COCCNC1CC(C)N(C2CC2)C1. The summed E-state index contributed by atoms with van der Waals surface area (Å²) in [7, 11) is 1.76. The van der Waals surface area contributed by atoms with E-state index in [0.29, 0.717) is 6.04 Å². The second-order valence-electron chi connectivity index (χ2n) is 4.66. The first-order valence-corrected chi connectivity index (χ1v) is 5.79. The van der Waals surface area contributed by atoms with E-state index in [2.05, 4.69) is 17.1 Å². The summed E-state index contributed by atoms with van der Waals surface area (Å²) in [5, 5.41) is 3.56. The Kier molecular flexibility index (Phi) is 3.42. The summed E-state index contributed by atoms with van der Waals surface area (Å²) in [6, 6.07) is 2.39. The van der Waals surface area contributed by atoms with E-state index in [1.54, 1.807) is 7.11 Å². The van der Waals surface area contributed by atoms with Gasteiger partial charge in [0.15, 0.2) is 0 Å². The van der Waals surface area contributed by atoms with Gasteiger partial charge in [0.05, 0.1) is 6.61 Å². The molecule has 2 unspecified atom stereocenters. The van der Waals surface area contributed by atoms with Crippen LogP contribution in [-0.4, -0.2) is 49.8 Å². The molecule has 1 saturated carbocycles. The predicted octanol–water partition coefficient (Wildman–Crippen LogP) is 0.848. The molecule has 1 heterocycles. The Labute approximate surface area is 86.8 Å². The largest absolute Gasteiger partial charge is 0.383 e. The number of nitrogens with one attached hydrogen (secondary N) is 1. The molecular weight excluding hydrogens is 176 g/mol. The molecule has 2 aliphatic rings. The highest BCUT2D eigenvalue weighted by molar-refractivity contribution is 4.95. The zero-order chi connectivity index (χ0) is 9.97. The number of likely N-dealkylation sites (tertiary alicyclic amines) is 1. The normalized spacial score (nSPS) is 33.9. The molecule has 2 fully saturated rings. The second kappa shape index (κ2) is 4.60. The maximum Gasteiger partial charge on any atom is 0.0587 e. The Morgan fingerprint density at radius 2 is 2.21 bits per heavy atom. The highest BCUT2D eigenvalue weighted by Crippen LogP contribution is 2.33. The van der Waals surface area contributed by atoms with Gasteiger partial charge in [0.25, 0.3) is 0 Å². The lowest BCUT2D eigenvalue weighted by atomic mass is 10.2. The molecule has 0 spiro atoms.